The predicted molar refractivity (Wildman–Crippen MR) is 51.1 cm³/mol. The second-order valence-corrected chi connectivity index (χ2v) is 3.78. The summed E-state index contributed by atoms with van der Waals surface area (Å²) in [6.07, 6.45) is -2.47. The molecule has 1 rings (SSSR count). The predicted octanol–water partition coefficient (Wildman–Crippen LogP) is 3.25. The zero-order chi connectivity index (χ0) is 9.84. The van der Waals surface area contributed by atoms with Gasteiger partial charge in [0.05, 0.1) is 0 Å². The highest BCUT2D eigenvalue weighted by Crippen LogP contribution is 2.21. The maximum atomic E-state index is 11.8. The summed E-state index contributed by atoms with van der Waals surface area (Å²) < 4.78 is 29.4. The molecule has 13 heavy (non-hydrogen) atoms. The molecule has 0 spiro atoms. The van der Waals surface area contributed by atoms with E-state index in [1.165, 1.54) is 12.1 Å². The number of alkyl halides is 2. The Morgan fingerprint density at radius 2 is 1.85 bits per heavy atom. The lowest BCUT2D eigenvalue weighted by atomic mass is 10.4. The second-order valence-electron chi connectivity index (χ2n) is 2.15. The van der Waals surface area contributed by atoms with Crippen molar-refractivity contribution < 1.29 is 13.5 Å². The standard InChI is InChI=1S/C7H5Br2F2NO/c8-5-1-4(2-6(9)12-5)13-3-7(10)11/h1-2,7H,3H2. The van der Waals surface area contributed by atoms with E-state index < -0.39 is 13.0 Å². The molecule has 2 nitrogen and oxygen atoms in total. The van der Waals surface area contributed by atoms with Crippen LogP contribution in [0, 0.1) is 0 Å². The van der Waals surface area contributed by atoms with Gasteiger partial charge in [-0.1, -0.05) is 0 Å². The average Bonchev–Trinajstić information content (AvgIpc) is 1.99. The molecule has 0 N–H and O–H groups in total. The van der Waals surface area contributed by atoms with Crippen LogP contribution in [0.15, 0.2) is 21.3 Å². The lowest BCUT2D eigenvalue weighted by Crippen LogP contribution is -2.07. The maximum Gasteiger partial charge on any atom is 0.272 e. The zero-order valence-corrected chi connectivity index (χ0v) is 9.48. The highest BCUT2D eigenvalue weighted by Gasteiger charge is 2.05. The molecule has 0 bridgehead atoms. The third-order valence-electron chi connectivity index (χ3n) is 1.11. The number of hydrogen-bond donors (Lipinski definition) is 0. The first-order valence-corrected chi connectivity index (χ1v) is 4.90. The van der Waals surface area contributed by atoms with Crippen LogP contribution >= 0.6 is 31.9 Å². The molecule has 1 heterocycles. The first-order chi connectivity index (χ1) is 6.08. The molecule has 1 aromatic heterocycles. The SMILES string of the molecule is FC(F)COc1cc(Br)nc(Br)c1. The van der Waals surface area contributed by atoms with Crippen LogP contribution in [0.2, 0.25) is 0 Å². The minimum absolute atomic E-state index is 0.356. The molecular formula is C7H5Br2F2NO. The van der Waals surface area contributed by atoms with E-state index >= 15 is 0 Å². The number of aromatic nitrogens is 1. The molecule has 72 valence electrons. The van der Waals surface area contributed by atoms with Gasteiger partial charge in [0.25, 0.3) is 6.43 Å². The molecule has 1 aromatic rings. The Morgan fingerprint density at radius 3 is 2.31 bits per heavy atom. The zero-order valence-electron chi connectivity index (χ0n) is 6.31. The van der Waals surface area contributed by atoms with Gasteiger partial charge in [0.15, 0.2) is 0 Å². The number of pyridine rings is 1. The molecule has 0 aromatic carbocycles. The molecule has 0 aliphatic heterocycles. The minimum Gasteiger partial charge on any atom is -0.487 e. The summed E-state index contributed by atoms with van der Waals surface area (Å²) in [4.78, 5) is 3.93. The molecule has 0 aliphatic rings. The molecule has 0 saturated carbocycles. The van der Waals surface area contributed by atoms with Gasteiger partial charge in [-0.3, -0.25) is 0 Å². The molecule has 6 heteroatoms. The Bertz CT molecular complexity index is 276. The van der Waals surface area contributed by atoms with Crippen LogP contribution in [0.3, 0.4) is 0 Å². The first-order valence-electron chi connectivity index (χ1n) is 3.32. The average molecular weight is 317 g/mol. The maximum absolute atomic E-state index is 11.8. The third kappa shape index (κ3) is 3.99. The summed E-state index contributed by atoms with van der Waals surface area (Å²) >= 11 is 6.22. The van der Waals surface area contributed by atoms with Gasteiger partial charge in [0.2, 0.25) is 0 Å². The van der Waals surface area contributed by atoms with Gasteiger partial charge in [0, 0.05) is 12.1 Å². The number of nitrogens with zero attached hydrogens (tertiary/aromatic N) is 1. The van der Waals surface area contributed by atoms with Crippen LogP contribution in [0.4, 0.5) is 8.78 Å². The molecule has 0 fully saturated rings. The van der Waals surface area contributed by atoms with Crippen LogP contribution in [-0.2, 0) is 0 Å². The lowest BCUT2D eigenvalue weighted by Gasteiger charge is -2.05. The van der Waals surface area contributed by atoms with Crippen LogP contribution in [0.25, 0.3) is 0 Å². The van der Waals surface area contributed by atoms with Crippen molar-refractivity contribution in [2.45, 2.75) is 6.43 Å². The summed E-state index contributed by atoms with van der Waals surface area (Å²) in [7, 11) is 0. The van der Waals surface area contributed by atoms with Gasteiger partial charge in [0.1, 0.15) is 21.6 Å². The summed E-state index contributed by atoms with van der Waals surface area (Å²) in [6.45, 7) is -0.608. The Balaban J connectivity index is 2.66. The summed E-state index contributed by atoms with van der Waals surface area (Å²) in [5.41, 5.74) is 0. The molecular weight excluding hydrogens is 312 g/mol. The summed E-state index contributed by atoms with van der Waals surface area (Å²) in [5.74, 6) is 0.356. The quantitative estimate of drug-likeness (QED) is 0.799. The molecule has 0 amide bonds. The van der Waals surface area contributed by atoms with Gasteiger partial charge in [-0.25, -0.2) is 13.8 Å². The second kappa shape index (κ2) is 4.85. The van der Waals surface area contributed by atoms with Crippen LogP contribution in [0.5, 0.6) is 5.75 Å². The van der Waals surface area contributed by atoms with Crippen molar-refractivity contribution in [3.63, 3.8) is 0 Å². The summed E-state index contributed by atoms with van der Waals surface area (Å²) in [6, 6.07) is 3.04. The van der Waals surface area contributed by atoms with Gasteiger partial charge < -0.3 is 4.74 Å². The van der Waals surface area contributed by atoms with E-state index in [4.69, 9.17) is 4.74 Å². The first kappa shape index (κ1) is 10.8. The van der Waals surface area contributed by atoms with Crippen LogP contribution in [-0.4, -0.2) is 18.0 Å². The van der Waals surface area contributed by atoms with Crippen molar-refractivity contribution in [1.29, 1.82) is 0 Å². The molecule has 0 atom stereocenters. The van der Waals surface area contributed by atoms with Crippen molar-refractivity contribution in [2.24, 2.45) is 0 Å². The fourth-order valence-corrected chi connectivity index (χ4v) is 1.76. The topological polar surface area (TPSA) is 22.1 Å². The highest BCUT2D eigenvalue weighted by molar-refractivity contribution is 9.11. The van der Waals surface area contributed by atoms with E-state index in [1.807, 2.05) is 0 Å². The van der Waals surface area contributed by atoms with E-state index in [2.05, 4.69) is 36.8 Å². The minimum atomic E-state index is -2.47. The van der Waals surface area contributed by atoms with Crippen molar-refractivity contribution in [1.82, 2.24) is 4.98 Å². The van der Waals surface area contributed by atoms with E-state index in [0.29, 0.717) is 15.0 Å². The van der Waals surface area contributed by atoms with E-state index in [1.54, 1.807) is 0 Å². The smallest absolute Gasteiger partial charge is 0.272 e. The third-order valence-corrected chi connectivity index (χ3v) is 1.92. The largest absolute Gasteiger partial charge is 0.487 e. The van der Waals surface area contributed by atoms with Crippen molar-refractivity contribution >= 4 is 31.9 Å². The number of hydrogen-bond acceptors (Lipinski definition) is 2. The van der Waals surface area contributed by atoms with Gasteiger partial charge in [-0.15, -0.1) is 0 Å². The Kier molecular flexibility index (Phi) is 4.05. The lowest BCUT2D eigenvalue weighted by molar-refractivity contribution is 0.0818. The van der Waals surface area contributed by atoms with Gasteiger partial charge >= 0.3 is 0 Å². The molecule has 0 unspecified atom stereocenters. The Hall–Kier alpha value is -0.230. The van der Waals surface area contributed by atoms with E-state index in [9.17, 15) is 8.78 Å². The molecule has 0 radical (unpaired) electrons. The van der Waals surface area contributed by atoms with Gasteiger partial charge in [-0.2, -0.15) is 0 Å². The Morgan fingerprint density at radius 1 is 1.31 bits per heavy atom. The fourth-order valence-electron chi connectivity index (χ4n) is 0.686. The van der Waals surface area contributed by atoms with E-state index in [-0.39, 0.29) is 0 Å². The van der Waals surface area contributed by atoms with E-state index in [0.717, 1.165) is 0 Å². The van der Waals surface area contributed by atoms with Crippen molar-refractivity contribution in [2.75, 3.05) is 6.61 Å². The monoisotopic (exact) mass is 315 g/mol. The number of halogens is 4. The van der Waals surface area contributed by atoms with Crippen molar-refractivity contribution in [3.8, 4) is 5.75 Å². The fraction of sp³-hybridized carbons (Fsp3) is 0.286. The normalized spacial score (nSPS) is 10.5. The summed E-state index contributed by atoms with van der Waals surface area (Å²) in [5, 5.41) is 0. The number of ether oxygens (including phenoxy) is 1. The highest BCUT2D eigenvalue weighted by atomic mass is 79.9. The van der Waals surface area contributed by atoms with Crippen LogP contribution in [0.1, 0.15) is 0 Å². The van der Waals surface area contributed by atoms with Crippen LogP contribution < -0.4 is 4.74 Å². The van der Waals surface area contributed by atoms with Gasteiger partial charge in [-0.05, 0) is 31.9 Å². The number of rotatable bonds is 3. The Labute approximate surface area is 90.6 Å². The molecule has 0 aliphatic carbocycles. The van der Waals surface area contributed by atoms with Crippen molar-refractivity contribution in [3.05, 3.63) is 21.3 Å². The molecule has 0 saturated heterocycles.